The molecule has 1 aliphatic rings. The second-order valence-corrected chi connectivity index (χ2v) is 4.62. The Labute approximate surface area is 91.2 Å². The van der Waals surface area contributed by atoms with Crippen LogP contribution in [-0.2, 0) is 9.53 Å². The van der Waals surface area contributed by atoms with Gasteiger partial charge in [0.05, 0.1) is 6.54 Å². The highest BCUT2D eigenvalue weighted by Gasteiger charge is 2.16. The Morgan fingerprint density at radius 1 is 1.47 bits per heavy atom. The van der Waals surface area contributed by atoms with Crippen molar-refractivity contribution in [3.63, 3.8) is 0 Å². The monoisotopic (exact) mass is 209 g/mol. The van der Waals surface area contributed by atoms with E-state index < -0.39 is 5.60 Å². The average molecular weight is 209 g/mol. The van der Waals surface area contributed by atoms with Crippen molar-refractivity contribution < 1.29 is 9.53 Å². The fraction of sp³-hybridized carbons (Fsp3) is 0.583. The summed E-state index contributed by atoms with van der Waals surface area (Å²) < 4.78 is 5.19. The lowest BCUT2D eigenvalue weighted by atomic mass is 10.1. The number of carbonyl (C=O) groups excluding carboxylic acids is 1. The molecule has 15 heavy (non-hydrogen) atoms. The summed E-state index contributed by atoms with van der Waals surface area (Å²) >= 11 is 0. The van der Waals surface area contributed by atoms with Crippen molar-refractivity contribution >= 4 is 5.97 Å². The molecule has 0 heterocycles. The number of nitrogens with one attached hydrogen (secondary N) is 1. The molecular formula is C12H19NO2. The molecule has 3 nitrogen and oxygen atoms in total. The molecule has 0 saturated carbocycles. The van der Waals surface area contributed by atoms with E-state index in [0.717, 1.165) is 6.42 Å². The average Bonchev–Trinajstić information content (AvgIpc) is 2.14. The van der Waals surface area contributed by atoms with Crippen molar-refractivity contribution in [3.8, 4) is 0 Å². The van der Waals surface area contributed by atoms with E-state index in [0.29, 0.717) is 0 Å². The maximum atomic E-state index is 11.4. The van der Waals surface area contributed by atoms with E-state index in [1.807, 2.05) is 39.0 Å². The second kappa shape index (κ2) is 5.12. The molecule has 1 aliphatic carbocycles. The van der Waals surface area contributed by atoms with Gasteiger partial charge in [-0.3, -0.25) is 4.79 Å². The van der Waals surface area contributed by atoms with Gasteiger partial charge >= 0.3 is 5.97 Å². The van der Waals surface area contributed by atoms with Gasteiger partial charge in [-0.1, -0.05) is 24.3 Å². The standard InChI is InChI=1S/C12H19NO2/c1-12(2,3)15-11(14)9-13-10-7-5-4-6-8-10/h4-7,10,13H,8-9H2,1-3H3/t10-/m0/s1. The quantitative estimate of drug-likeness (QED) is 0.720. The lowest BCUT2D eigenvalue weighted by Gasteiger charge is -2.21. The van der Waals surface area contributed by atoms with Crippen molar-refractivity contribution in [1.82, 2.24) is 5.32 Å². The minimum Gasteiger partial charge on any atom is -0.459 e. The van der Waals surface area contributed by atoms with Gasteiger partial charge in [-0.25, -0.2) is 0 Å². The lowest BCUT2D eigenvalue weighted by Crippen LogP contribution is -2.36. The van der Waals surface area contributed by atoms with Crippen LogP contribution in [0.4, 0.5) is 0 Å². The van der Waals surface area contributed by atoms with E-state index in [1.165, 1.54) is 0 Å². The second-order valence-electron chi connectivity index (χ2n) is 4.62. The number of carbonyl (C=O) groups is 1. The first-order chi connectivity index (χ1) is 6.97. The number of hydrogen-bond donors (Lipinski definition) is 1. The topological polar surface area (TPSA) is 38.3 Å². The van der Waals surface area contributed by atoms with Crippen molar-refractivity contribution in [2.75, 3.05) is 6.54 Å². The molecule has 1 N–H and O–H groups in total. The van der Waals surface area contributed by atoms with Gasteiger partial charge in [0.25, 0.3) is 0 Å². The number of allylic oxidation sites excluding steroid dienone is 2. The molecule has 0 aromatic heterocycles. The summed E-state index contributed by atoms with van der Waals surface area (Å²) in [6.07, 6.45) is 9.04. The zero-order valence-corrected chi connectivity index (χ0v) is 9.62. The largest absolute Gasteiger partial charge is 0.459 e. The van der Waals surface area contributed by atoms with E-state index in [-0.39, 0.29) is 18.6 Å². The maximum absolute atomic E-state index is 11.4. The van der Waals surface area contributed by atoms with Crippen molar-refractivity contribution in [1.29, 1.82) is 0 Å². The highest BCUT2D eigenvalue weighted by Crippen LogP contribution is 2.07. The van der Waals surface area contributed by atoms with Gasteiger partial charge in [0, 0.05) is 6.04 Å². The van der Waals surface area contributed by atoms with Crippen molar-refractivity contribution in [2.45, 2.75) is 38.8 Å². The third kappa shape index (κ3) is 5.37. The fourth-order valence-corrected chi connectivity index (χ4v) is 1.32. The fourth-order valence-electron chi connectivity index (χ4n) is 1.32. The summed E-state index contributed by atoms with van der Waals surface area (Å²) in [4.78, 5) is 11.4. The molecule has 0 spiro atoms. The number of rotatable bonds is 3. The van der Waals surface area contributed by atoms with E-state index in [4.69, 9.17) is 4.74 Å². The molecule has 1 atom stereocenters. The van der Waals surface area contributed by atoms with Crippen LogP contribution in [0.5, 0.6) is 0 Å². The van der Waals surface area contributed by atoms with Crippen molar-refractivity contribution in [3.05, 3.63) is 24.3 Å². The molecule has 84 valence electrons. The Kier molecular flexibility index (Phi) is 4.09. The smallest absolute Gasteiger partial charge is 0.320 e. The SMILES string of the molecule is CC(C)(C)OC(=O)CN[C@H]1C=CC=CC1. The Balaban J connectivity index is 2.22. The van der Waals surface area contributed by atoms with Gasteiger partial charge < -0.3 is 10.1 Å². The first-order valence-corrected chi connectivity index (χ1v) is 5.26. The highest BCUT2D eigenvalue weighted by molar-refractivity contribution is 5.72. The minimum atomic E-state index is -0.402. The first kappa shape index (κ1) is 12.0. The molecule has 0 radical (unpaired) electrons. The summed E-state index contributed by atoms with van der Waals surface area (Å²) in [7, 11) is 0. The third-order valence-electron chi connectivity index (χ3n) is 1.91. The maximum Gasteiger partial charge on any atom is 0.320 e. The predicted octanol–water partition coefficient (Wildman–Crippen LogP) is 1.80. The Hall–Kier alpha value is -1.09. The van der Waals surface area contributed by atoms with Gasteiger partial charge in [-0.2, -0.15) is 0 Å². The molecular weight excluding hydrogens is 190 g/mol. The third-order valence-corrected chi connectivity index (χ3v) is 1.91. The summed E-state index contributed by atoms with van der Waals surface area (Å²) in [6.45, 7) is 5.87. The van der Waals surface area contributed by atoms with Gasteiger partial charge in [-0.15, -0.1) is 0 Å². The molecule has 3 heteroatoms. The summed E-state index contributed by atoms with van der Waals surface area (Å²) in [5, 5.41) is 3.13. The van der Waals surface area contributed by atoms with Gasteiger partial charge in [-0.05, 0) is 27.2 Å². The van der Waals surface area contributed by atoms with Crippen LogP contribution < -0.4 is 5.32 Å². The van der Waals surface area contributed by atoms with Crippen LogP contribution in [0, 0.1) is 0 Å². The molecule has 0 fully saturated rings. The van der Waals surface area contributed by atoms with Gasteiger partial charge in [0.2, 0.25) is 0 Å². The number of esters is 1. The first-order valence-electron chi connectivity index (χ1n) is 5.26. The number of hydrogen-bond acceptors (Lipinski definition) is 3. The van der Waals surface area contributed by atoms with E-state index in [1.54, 1.807) is 0 Å². The molecule has 0 saturated heterocycles. The van der Waals surface area contributed by atoms with Crippen LogP contribution in [0.25, 0.3) is 0 Å². The number of ether oxygens (including phenoxy) is 1. The molecule has 0 amide bonds. The van der Waals surface area contributed by atoms with Crippen LogP contribution in [-0.4, -0.2) is 24.2 Å². The summed E-state index contributed by atoms with van der Waals surface area (Å²) in [6, 6.07) is 0.252. The van der Waals surface area contributed by atoms with E-state index in [9.17, 15) is 4.79 Å². The van der Waals surface area contributed by atoms with Gasteiger partial charge in [0.1, 0.15) is 5.60 Å². The predicted molar refractivity (Wildman–Crippen MR) is 60.5 cm³/mol. The van der Waals surface area contributed by atoms with Crippen LogP contribution in [0.3, 0.4) is 0 Å². The summed E-state index contributed by atoms with van der Waals surface area (Å²) in [5.41, 5.74) is -0.402. The highest BCUT2D eigenvalue weighted by atomic mass is 16.6. The molecule has 0 bridgehead atoms. The zero-order chi connectivity index (χ0) is 11.3. The van der Waals surface area contributed by atoms with Gasteiger partial charge in [0.15, 0.2) is 0 Å². The lowest BCUT2D eigenvalue weighted by molar-refractivity contribution is -0.153. The minimum absolute atomic E-state index is 0.203. The Bertz CT molecular complexity index is 274. The van der Waals surface area contributed by atoms with Crippen LogP contribution >= 0.6 is 0 Å². The van der Waals surface area contributed by atoms with Crippen LogP contribution in [0.2, 0.25) is 0 Å². The van der Waals surface area contributed by atoms with Crippen LogP contribution in [0.1, 0.15) is 27.2 Å². The summed E-state index contributed by atoms with van der Waals surface area (Å²) in [5.74, 6) is -0.203. The van der Waals surface area contributed by atoms with E-state index in [2.05, 4.69) is 11.4 Å². The molecule has 0 aliphatic heterocycles. The van der Waals surface area contributed by atoms with Crippen LogP contribution in [0.15, 0.2) is 24.3 Å². The molecule has 0 unspecified atom stereocenters. The Morgan fingerprint density at radius 3 is 2.73 bits per heavy atom. The molecule has 0 aromatic rings. The van der Waals surface area contributed by atoms with Crippen molar-refractivity contribution in [2.24, 2.45) is 0 Å². The van der Waals surface area contributed by atoms with E-state index >= 15 is 0 Å². The Morgan fingerprint density at radius 2 is 2.20 bits per heavy atom. The normalized spacial score (nSPS) is 20.3. The zero-order valence-electron chi connectivity index (χ0n) is 9.62. The molecule has 0 aromatic carbocycles. The molecule has 1 rings (SSSR count).